The van der Waals surface area contributed by atoms with Crippen LogP contribution in [0, 0.1) is 6.92 Å². The molecule has 0 bridgehead atoms. The van der Waals surface area contributed by atoms with Crippen molar-refractivity contribution in [3.63, 3.8) is 0 Å². The number of aromatic nitrogens is 7. The van der Waals surface area contributed by atoms with E-state index in [2.05, 4.69) is 41.0 Å². The van der Waals surface area contributed by atoms with E-state index in [1.54, 1.807) is 41.6 Å². The molecule has 0 radical (unpaired) electrons. The highest BCUT2D eigenvalue weighted by atomic mass is 16.1. The summed E-state index contributed by atoms with van der Waals surface area (Å²) in [7, 11) is 0. The van der Waals surface area contributed by atoms with Crippen molar-refractivity contribution in [1.29, 1.82) is 0 Å². The summed E-state index contributed by atoms with van der Waals surface area (Å²) in [4.78, 5) is 25.6. The number of hydrogen-bond acceptors (Lipinski definition) is 8. The van der Waals surface area contributed by atoms with Gasteiger partial charge in [0.25, 0.3) is 5.56 Å². The second kappa shape index (κ2) is 8.58. The Labute approximate surface area is 184 Å². The molecule has 0 saturated heterocycles. The number of H-pyrrole nitrogens is 1. The molecule has 4 heterocycles. The van der Waals surface area contributed by atoms with Crippen LogP contribution in [0.15, 0.2) is 60.0 Å². The first-order valence-electron chi connectivity index (χ1n) is 10.5. The molecule has 1 aliphatic carbocycles. The van der Waals surface area contributed by atoms with Crippen LogP contribution in [-0.2, 0) is 0 Å². The minimum absolute atomic E-state index is 0.135. The first-order chi connectivity index (χ1) is 15.6. The molecule has 10 heteroatoms. The van der Waals surface area contributed by atoms with E-state index in [0.717, 1.165) is 42.2 Å². The van der Waals surface area contributed by atoms with E-state index in [1.807, 2.05) is 19.1 Å². The zero-order chi connectivity index (χ0) is 21.9. The quantitative estimate of drug-likeness (QED) is 0.427. The first-order valence-corrected chi connectivity index (χ1v) is 10.5. The third-order valence-electron chi connectivity index (χ3n) is 5.57. The van der Waals surface area contributed by atoms with Crippen LogP contribution in [0.25, 0.3) is 16.9 Å². The fourth-order valence-corrected chi connectivity index (χ4v) is 3.92. The Kier molecular flexibility index (Phi) is 5.32. The van der Waals surface area contributed by atoms with E-state index < -0.39 is 0 Å². The van der Waals surface area contributed by atoms with Gasteiger partial charge in [0.2, 0.25) is 0 Å². The molecule has 1 aliphatic rings. The molecule has 0 aromatic carbocycles. The Bertz CT molecular complexity index is 1230. The summed E-state index contributed by atoms with van der Waals surface area (Å²) < 4.78 is 1.55. The van der Waals surface area contributed by atoms with E-state index >= 15 is 0 Å². The molecule has 162 valence electrons. The molecule has 5 rings (SSSR count). The maximum Gasteiger partial charge on any atom is 0.255 e. The van der Waals surface area contributed by atoms with Crippen molar-refractivity contribution in [1.82, 2.24) is 34.9 Å². The summed E-state index contributed by atoms with van der Waals surface area (Å²) in [6.07, 6.45) is 11.7. The van der Waals surface area contributed by atoms with Gasteiger partial charge in [-0.3, -0.25) is 14.3 Å². The molecule has 4 aromatic rings. The predicted molar refractivity (Wildman–Crippen MR) is 121 cm³/mol. The average molecular weight is 429 g/mol. The standard InChI is InChI=1S/C22H23N9O/c1-14-9-24-21(12-23-14)28-17-4-3-16(8-17)27-20-6-5-18(10-25-20)31-13-15(2-7-22(31)32)19-11-26-30-29-19/h2,5-7,9-13,16-17H,3-4,8H2,1H3,(H,24,28)(H,25,27)(H,26,29,30)/t16-,17-/m0/s1. The summed E-state index contributed by atoms with van der Waals surface area (Å²) in [6.45, 7) is 1.92. The number of nitrogens with zero attached hydrogens (tertiary/aromatic N) is 6. The van der Waals surface area contributed by atoms with Crippen LogP contribution in [0.3, 0.4) is 0 Å². The molecule has 0 amide bonds. The van der Waals surface area contributed by atoms with Gasteiger partial charge in [0.15, 0.2) is 0 Å². The molecule has 4 aromatic heterocycles. The van der Waals surface area contributed by atoms with E-state index in [4.69, 9.17) is 0 Å². The van der Waals surface area contributed by atoms with Crippen molar-refractivity contribution >= 4 is 11.6 Å². The Morgan fingerprint density at radius 3 is 2.44 bits per heavy atom. The van der Waals surface area contributed by atoms with Gasteiger partial charge in [0.1, 0.15) is 17.3 Å². The molecule has 1 fully saturated rings. The van der Waals surface area contributed by atoms with E-state index in [1.165, 1.54) is 6.07 Å². The monoisotopic (exact) mass is 429 g/mol. The highest BCUT2D eigenvalue weighted by Crippen LogP contribution is 2.25. The third-order valence-corrected chi connectivity index (χ3v) is 5.57. The summed E-state index contributed by atoms with van der Waals surface area (Å²) in [5, 5.41) is 17.4. The third kappa shape index (κ3) is 4.34. The summed E-state index contributed by atoms with van der Waals surface area (Å²) in [6, 6.07) is 7.70. The Hall–Kier alpha value is -4.08. The van der Waals surface area contributed by atoms with Gasteiger partial charge in [-0.2, -0.15) is 15.4 Å². The van der Waals surface area contributed by atoms with Crippen LogP contribution < -0.4 is 16.2 Å². The molecule has 3 N–H and O–H groups in total. The number of aromatic amines is 1. The maximum atomic E-state index is 12.4. The van der Waals surface area contributed by atoms with Crippen LogP contribution >= 0.6 is 0 Å². The van der Waals surface area contributed by atoms with Gasteiger partial charge in [-0.15, -0.1) is 0 Å². The molecule has 32 heavy (non-hydrogen) atoms. The van der Waals surface area contributed by atoms with E-state index in [0.29, 0.717) is 23.5 Å². The van der Waals surface area contributed by atoms with Crippen LogP contribution in [-0.4, -0.2) is 47.0 Å². The highest BCUT2D eigenvalue weighted by molar-refractivity contribution is 5.57. The molecular weight excluding hydrogens is 406 g/mol. The second-order valence-corrected chi connectivity index (χ2v) is 7.92. The van der Waals surface area contributed by atoms with Gasteiger partial charge in [0, 0.05) is 29.9 Å². The largest absolute Gasteiger partial charge is 0.367 e. The zero-order valence-electron chi connectivity index (χ0n) is 17.6. The Balaban J connectivity index is 1.23. The molecule has 0 unspecified atom stereocenters. The Morgan fingerprint density at radius 1 is 0.938 bits per heavy atom. The van der Waals surface area contributed by atoms with Gasteiger partial charge in [-0.25, -0.2) is 9.97 Å². The van der Waals surface area contributed by atoms with Crippen molar-refractivity contribution in [2.45, 2.75) is 38.3 Å². The lowest BCUT2D eigenvalue weighted by Crippen LogP contribution is -2.22. The molecule has 0 aliphatic heterocycles. The topological polar surface area (TPSA) is 126 Å². The number of anilines is 2. The summed E-state index contributed by atoms with van der Waals surface area (Å²) in [5.74, 6) is 1.59. The lowest BCUT2D eigenvalue weighted by Gasteiger charge is -2.16. The molecule has 1 saturated carbocycles. The highest BCUT2D eigenvalue weighted by Gasteiger charge is 2.25. The van der Waals surface area contributed by atoms with Crippen molar-refractivity contribution in [2.24, 2.45) is 0 Å². The number of nitrogens with one attached hydrogen (secondary N) is 3. The van der Waals surface area contributed by atoms with Gasteiger partial charge in [-0.1, -0.05) is 0 Å². The van der Waals surface area contributed by atoms with Crippen LogP contribution in [0.1, 0.15) is 25.0 Å². The van der Waals surface area contributed by atoms with Crippen LogP contribution in [0.4, 0.5) is 11.6 Å². The minimum Gasteiger partial charge on any atom is -0.367 e. The van der Waals surface area contributed by atoms with Crippen molar-refractivity contribution < 1.29 is 0 Å². The number of rotatable bonds is 6. The van der Waals surface area contributed by atoms with Gasteiger partial charge >= 0.3 is 0 Å². The lowest BCUT2D eigenvalue weighted by atomic mass is 10.2. The van der Waals surface area contributed by atoms with Gasteiger partial charge in [0.05, 0.1) is 36.2 Å². The smallest absolute Gasteiger partial charge is 0.255 e. The van der Waals surface area contributed by atoms with Crippen molar-refractivity contribution in [2.75, 3.05) is 10.6 Å². The molecular formula is C22H23N9O. The molecule has 2 atom stereocenters. The van der Waals surface area contributed by atoms with Gasteiger partial charge < -0.3 is 10.6 Å². The predicted octanol–water partition coefficient (Wildman–Crippen LogP) is 2.56. The Morgan fingerprint density at radius 2 is 1.75 bits per heavy atom. The van der Waals surface area contributed by atoms with Crippen molar-refractivity contribution in [3.05, 3.63) is 71.3 Å². The lowest BCUT2D eigenvalue weighted by molar-refractivity contribution is 0.719. The first kappa shape index (κ1) is 19.9. The van der Waals surface area contributed by atoms with Gasteiger partial charge in [-0.05, 0) is 44.4 Å². The SMILES string of the molecule is Cc1cnc(N[C@H]2CC[C@H](Nc3ccc(-n4cc(-c5cn[nH]n5)ccc4=O)cn3)C2)cn1. The number of pyridine rings is 2. The fraction of sp³-hybridized carbons (Fsp3) is 0.273. The molecule has 10 nitrogen and oxygen atoms in total. The molecule has 0 spiro atoms. The number of aryl methyl sites for hydroxylation is 1. The average Bonchev–Trinajstić information content (AvgIpc) is 3.49. The second-order valence-electron chi connectivity index (χ2n) is 7.92. The van der Waals surface area contributed by atoms with Crippen LogP contribution in [0.2, 0.25) is 0 Å². The van der Waals surface area contributed by atoms with E-state index in [9.17, 15) is 4.79 Å². The van der Waals surface area contributed by atoms with Crippen molar-refractivity contribution in [3.8, 4) is 16.9 Å². The fourth-order valence-electron chi connectivity index (χ4n) is 3.92. The summed E-state index contributed by atoms with van der Waals surface area (Å²) >= 11 is 0. The maximum absolute atomic E-state index is 12.4. The zero-order valence-corrected chi connectivity index (χ0v) is 17.6. The normalized spacial score (nSPS) is 17.9. The van der Waals surface area contributed by atoms with E-state index in [-0.39, 0.29) is 5.56 Å². The van der Waals surface area contributed by atoms with Crippen LogP contribution in [0.5, 0.6) is 0 Å². The number of hydrogen-bond donors (Lipinski definition) is 3. The summed E-state index contributed by atoms with van der Waals surface area (Å²) in [5.41, 5.74) is 2.93. The minimum atomic E-state index is -0.135.